The molecular formula is C18H23NO. The maximum atomic E-state index is 5.45. The molecule has 1 atom stereocenters. The Bertz CT molecular complexity index is 536. The molecular weight excluding hydrogens is 246 g/mol. The Morgan fingerprint density at radius 1 is 1.10 bits per heavy atom. The predicted molar refractivity (Wildman–Crippen MR) is 84.3 cm³/mol. The van der Waals surface area contributed by atoms with E-state index in [1.165, 1.54) is 16.7 Å². The van der Waals surface area contributed by atoms with Crippen LogP contribution in [0.25, 0.3) is 0 Å². The largest absolute Gasteiger partial charge is 0.496 e. The minimum Gasteiger partial charge on any atom is -0.496 e. The van der Waals surface area contributed by atoms with Crippen LogP contribution in [0.5, 0.6) is 5.75 Å². The Labute approximate surface area is 121 Å². The molecule has 106 valence electrons. The summed E-state index contributed by atoms with van der Waals surface area (Å²) in [6.45, 7) is 5.25. The lowest BCUT2D eigenvalue weighted by Gasteiger charge is -2.18. The zero-order chi connectivity index (χ0) is 14.4. The topological polar surface area (TPSA) is 21.3 Å². The van der Waals surface area contributed by atoms with Crippen LogP contribution >= 0.6 is 0 Å². The first-order chi connectivity index (χ1) is 9.70. The first-order valence-electron chi connectivity index (χ1n) is 7.12. The molecule has 2 aromatic carbocycles. The first-order valence-corrected chi connectivity index (χ1v) is 7.12. The molecule has 0 aliphatic rings. The van der Waals surface area contributed by atoms with Gasteiger partial charge < -0.3 is 10.1 Å². The van der Waals surface area contributed by atoms with Crippen LogP contribution in [-0.4, -0.2) is 13.7 Å². The van der Waals surface area contributed by atoms with Crippen molar-refractivity contribution in [3.8, 4) is 5.75 Å². The van der Waals surface area contributed by atoms with Gasteiger partial charge in [0.05, 0.1) is 7.11 Å². The van der Waals surface area contributed by atoms with E-state index in [0.29, 0.717) is 0 Å². The van der Waals surface area contributed by atoms with Gasteiger partial charge in [0.2, 0.25) is 0 Å². The number of hydrogen-bond donors (Lipinski definition) is 1. The summed E-state index contributed by atoms with van der Waals surface area (Å²) in [4.78, 5) is 0. The Kier molecular flexibility index (Phi) is 5.19. The number of hydrogen-bond acceptors (Lipinski definition) is 2. The number of aryl methyl sites for hydroxylation is 1. The first kappa shape index (κ1) is 14.6. The minimum absolute atomic E-state index is 0.286. The van der Waals surface area contributed by atoms with Gasteiger partial charge in [-0.3, -0.25) is 0 Å². The highest BCUT2D eigenvalue weighted by atomic mass is 16.5. The summed E-state index contributed by atoms with van der Waals surface area (Å²) in [5.74, 6) is 0.954. The summed E-state index contributed by atoms with van der Waals surface area (Å²) in [5.41, 5.74) is 3.85. The van der Waals surface area contributed by atoms with Crippen LogP contribution in [0.2, 0.25) is 0 Å². The van der Waals surface area contributed by atoms with Crippen molar-refractivity contribution in [2.45, 2.75) is 26.3 Å². The van der Waals surface area contributed by atoms with Gasteiger partial charge in [-0.05, 0) is 38.4 Å². The summed E-state index contributed by atoms with van der Waals surface area (Å²) >= 11 is 0. The van der Waals surface area contributed by atoms with Crippen molar-refractivity contribution in [1.29, 1.82) is 0 Å². The van der Waals surface area contributed by atoms with Gasteiger partial charge in [-0.25, -0.2) is 0 Å². The Balaban J connectivity index is 1.95. The van der Waals surface area contributed by atoms with Gasteiger partial charge in [0.25, 0.3) is 0 Å². The zero-order valence-electron chi connectivity index (χ0n) is 12.5. The molecule has 20 heavy (non-hydrogen) atoms. The van der Waals surface area contributed by atoms with Crippen LogP contribution in [0.1, 0.15) is 29.7 Å². The average molecular weight is 269 g/mol. The lowest BCUT2D eigenvalue weighted by molar-refractivity contribution is 0.401. The molecule has 0 fully saturated rings. The molecule has 2 rings (SSSR count). The van der Waals surface area contributed by atoms with E-state index >= 15 is 0 Å². The van der Waals surface area contributed by atoms with Crippen LogP contribution < -0.4 is 10.1 Å². The van der Waals surface area contributed by atoms with Gasteiger partial charge in [0.1, 0.15) is 5.75 Å². The molecule has 1 N–H and O–H groups in total. The highest BCUT2D eigenvalue weighted by Crippen LogP contribution is 2.25. The standard InChI is InChI=1S/C18H23NO/c1-14-9-10-18(20-3)17(13-14)15(2)19-12-11-16-7-5-4-6-8-16/h4-10,13,15,19H,11-12H2,1-3H3. The van der Waals surface area contributed by atoms with E-state index in [1.807, 2.05) is 6.07 Å². The fourth-order valence-electron chi connectivity index (χ4n) is 2.38. The molecule has 1 unspecified atom stereocenters. The molecule has 0 heterocycles. The van der Waals surface area contributed by atoms with E-state index in [2.05, 4.69) is 61.6 Å². The van der Waals surface area contributed by atoms with Gasteiger partial charge in [-0.1, -0.05) is 48.0 Å². The normalized spacial score (nSPS) is 12.2. The molecule has 2 aromatic rings. The van der Waals surface area contributed by atoms with Crippen molar-refractivity contribution in [1.82, 2.24) is 5.32 Å². The van der Waals surface area contributed by atoms with E-state index in [9.17, 15) is 0 Å². The van der Waals surface area contributed by atoms with Crippen molar-refractivity contribution >= 4 is 0 Å². The summed E-state index contributed by atoms with van der Waals surface area (Å²) in [6, 6.07) is 17.2. The highest BCUT2D eigenvalue weighted by molar-refractivity contribution is 5.38. The number of ether oxygens (including phenoxy) is 1. The van der Waals surface area contributed by atoms with Crippen molar-refractivity contribution < 1.29 is 4.74 Å². The average Bonchev–Trinajstić information content (AvgIpc) is 2.48. The van der Waals surface area contributed by atoms with Crippen molar-refractivity contribution in [3.05, 3.63) is 65.2 Å². The third-order valence-corrected chi connectivity index (χ3v) is 3.56. The smallest absolute Gasteiger partial charge is 0.123 e. The molecule has 0 aliphatic heterocycles. The fraction of sp³-hybridized carbons (Fsp3) is 0.333. The molecule has 0 aromatic heterocycles. The molecule has 0 aliphatic carbocycles. The summed E-state index contributed by atoms with van der Waals surface area (Å²) < 4.78 is 5.45. The lowest BCUT2D eigenvalue weighted by atomic mass is 10.0. The second kappa shape index (κ2) is 7.11. The lowest BCUT2D eigenvalue weighted by Crippen LogP contribution is -2.22. The maximum absolute atomic E-state index is 5.45. The minimum atomic E-state index is 0.286. The van der Waals surface area contributed by atoms with Gasteiger partial charge in [-0.2, -0.15) is 0 Å². The zero-order valence-corrected chi connectivity index (χ0v) is 12.5. The van der Waals surface area contributed by atoms with Crippen molar-refractivity contribution in [2.75, 3.05) is 13.7 Å². The summed E-state index contributed by atoms with van der Waals surface area (Å²) in [7, 11) is 1.73. The van der Waals surface area contributed by atoms with Crippen molar-refractivity contribution in [2.24, 2.45) is 0 Å². The van der Waals surface area contributed by atoms with E-state index in [0.717, 1.165) is 18.7 Å². The fourth-order valence-corrected chi connectivity index (χ4v) is 2.38. The highest BCUT2D eigenvalue weighted by Gasteiger charge is 2.10. The van der Waals surface area contributed by atoms with E-state index in [4.69, 9.17) is 4.74 Å². The number of nitrogens with one attached hydrogen (secondary N) is 1. The van der Waals surface area contributed by atoms with Gasteiger partial charge in [0.15, 0.2) is 0 Å². The molecule has 0 bridgehead atoms. The third kappa shape index (κ3) is 3.84. The SMILES string of the molecule is COc1ccc(C)cc1C(C)NCCc1ccccc1. The molecule has 0 amide bonds. The maximum Gasteiger partial charge on any atom is 0.123 e. The second-order valence-electron chi connectivity index (χ2n) is 5.16. The van der Waals surface area contributed by atoms with E-state index < -0.39 is 0 Å². The summed E-state index contributed by atoms with van der Waals surface area (Å²) in [5, 5.41) is 3.57. The number of rotatable bonds is 6. The summed E-state index contributed by atoms with van der Waals surface area (Å²) in [6.07, 6.45) is 1.04. The Hall–Kier alpha value is -1.80. The molecule has 2 heteroatoms. The van der Waals surface area contributed by atoms with Gasteiger partial charge in [0, 0.05) is 11.6 Å². The molecule has 0 spiro atoms. The van der Waals surface area contributed by atoms with Crippen LogP contribution in [-0.2, 0) is 6.42 Å². The van der Waals surface area contributed by atoms with Crippen LogP contribution in [0.4, 0.5) is 0 Å². The van der Waals surface area contributed by atoms with Crippen molar-refractivity contribution in [3.63, 3.8) is 0 Å². The Morgan fingerprint density at radius 2 is 1.85 bits per heavy atom. The molecule has 2 nitrogen and oxygen atoms in total. The molecule has 0 saturated heterocycles. The van der Waals surface area contributed by atoms with Gasteiger partial charge in [-0.15, -0.1) is 0 Å². The Morgan fingerprint density at radius 3 is 2.55 bits per heavy atom. The number of benzene rings is 2. The van der Waals surface area contributed by atoms with Gasteiger partial charge >= 0.3 is 0 Å². The van der Waals surface area contributed by atoms with E-state index in [1.54, 1.807) is 7.11 Å². The second-order valence-corrected chi connectivity index (χ2v) is 5.16. The molecule has 0 radical (unpaired) electrons. The quantitative estimate of drug-likeness (QED) is 0.859. The van der Waals surface area contributed by atoms with Crippen LogP contribution in [0.3, 0.4) is 0 Å². The predicted octanol–water partition coefficient (Wildman–Crippen LogP) is 3.90. The van der Waals surface area contributed by atoms with E-state index in [-0.39, 0.29) is 6.04 Å². The molecule has 0 saturated carbocycles. The van der Waals surface area contributed by atoms with Crippen LogP contribution in [0.15, 0.2) is 48.5 Å². The third-order valence-electron chi connectivity index (χ3n) is 3.56. The monoisotopic (exact) mass is 269 g/mol. The van der Waals surface area contributed by atoms with Crippen LogP contribution in [0, 0.1) is 6.92 Å². The number of methoxy groups -OCH3 is 1.